The van der Waals surface area contributed by atoms with Gasteiger partial charge in [-0.2, -0.15) is 5.26 Å². The Kier molecular flexibility index (Phi) is 3.94. The summed E-state index contributed by atoms with van der Waals surface area (Å²) < 4.78 is 9.74. The van der Waals surface area contributed by atoms with Crippen molar-refractivity contribution in [1.82, 2.24) is 0 Å². The second-order valence-electron chi connectivity index (χ2n) is 2.81. The van der Waals surface area contributed by atoms with Crippen molar-refractivity contribution in [3.8, 4) is 24.2 Å². The number of carbonyl (C=O) groups excluding carboxylic acids is 1. The van der Waals surface area contributed by atoms with Gasteiger partial charge in [0, 0.05) is 0 Å². The fourth-order valence-electron chi connectivity index (χ4n) is 1.11. The molecule has 1 aromatic carbocycles. The Balaban J connectivity index is 3.13. The van der Waals surface area contributed by atoms with Crippen molar-refractivity contribution in [1.29, 1.82) is 5.26 Å². The van der Waals surface area contributed by atoms with Gasteiger partial charge in [0.25, 0.3) is 0 Å². The number of nitrogens with zero attached hydrogens (tertiary/aromatic N) is 1. The molecule has 0 atom stereocenters. The van der Waals surface area contributed by atoms with Crippen molar-refractivity contribution in [2.24, 2.45) is 0 Å². The summed E-state index contributed by atoms with van der Waals surface area (Å²) in [6.07, 6.45) is 5.05. The zero-order chi connectivity index (χ0) is 12.0. The lowest BCUT2D eigenvalue weighted by Crippen LogP contribution is -2.06. The smallest absolute Gasteiger partial charge is 0.341 e. The average molecular weight is 215 g/mol. The minimum Gasteiger partial charge on any atom is -0.480 e. The van der Waals surface area contributed by atoms with Gasteiger partial charge in [-0.25, -0.2) is 4.79 Å². The largest absolute Gasteiger partial charge is 0.480 e. The lowest BCUT2D eigenvalue weighted by atomic mass is 10.1. The molecule has 0 fully saturated rings. The highest BCUT2D eigenvalue weighted by Crippen LogP contribution is 2.20. The lowest BCUT2D eigenvalue weighted by Gasteiger charge is -2.07. The van der Waals surface area contributed by atoms with E-state index < -0.39 is 5.97 Å². The molecule has 0 spiro atoms. The van der Waals surface area contributed by atoms with Gasteiger partial charge in [-0.3, -0.25) is 0 Å². The molecular formula is C12H9NO3. The normalized spacial score (nSPS) is 8.69. The highest BCUT2D eigenvalue weighted by molar-refractivity contribution is 5.92. The zero-order valence-electron chi connectivity index (χ0n) is 8.69. The predicted octanol–water partition coefficient (Wildman–Crippen LogP) is 1.36. The Morgan fingerprint density at radius 2 is 2.31 bits per heavy atom. The van der Waals surface area contributed by atoms with Gasteiger partial charge in [-0.15, -0.1) is 6.42 Å². The molecule has 1 aromatic rings. The number of carbonyl (C=O) groups is 1. The number of benzene rings is 1. The van der Waals surface area contributed by atoms with Gasteiger partial charge in [0.05, 0.1) is 18.7 Å². The molecule has 0 saturated heterocycles. The van der Waals surface area contributed by atoms with E-state index in [0.717, 1.165) is 0 Å². The molecule has 0 bridgehead atoms. The Morgan fingerprint density at radius 3 is 2.88 bits per heavy atom. The minimum atomic E-state index is -0.566. The van der Waals surface area contributed by atoms with Gasteiger partial charge < -0.3 is 9.47 Å². The summed E-state index contributed by atoms with van der Waals surface area (Å²) in [5.74, 6) is 2.03. The third kappa shape index (κ3) is 2.52. The van der Waals surface area contributed by atoms with E-state index in [1.807, 2.05) is 6.07 Å². The summed E-state index contributed by atoms with van der Waals surface area (Å²) in [6.45, 7) is 0.0515. The van der Waals surface area contributed by atoms with Crippen LogP contribution in [-0.4, -0.2) is 19.7 Å². The number of nitriles is 1. The Bertz CT molecular complexity index is 480. The second-order valence-corrected chi connectivity index (χ2v) is 2.81. The molecule has 0 amide bonds. The van der Waals surface area contributed by atoms with Crippen LogP contribution in [0, 0.1) is 23.7 Å². The molecule has 4 heteroatoms. The highest BCUT2D eigenvalue weighted by atomic mass is 16.5. The van der Waals surface area contributed by atoms with Gasteiger partial charge in [0.1, 0.15) is 17.9 Å². The fourth-order valence-corrected chi connectivity index (χ4v) is 1.11. The van der Waals surface area contributed by atoms with Gasteiger partial charge in [-0.1, -0.05) is 5.92 Å². The second kappa shape index (κ2) is 5.43. The minimum absolute atomic E-state index is 0.0515. The van der Waals surface area contributed by atoms with Crippen LogP contribution in [0.2, 0.25) is 0 Å². The molecule has 0 radical (unpaired) electrons. The van der Waals surface area contributed by atoms with Crippen LogP contribution in [0.15, 0.2) is 18.2 Å². The Hall–Kier alpha value is -2.46. The quantitative estimate of drug-likeness (QED) is 0.564. The average Bonchev–Trinajstić information content (AvgIpc) is 2.35. The maximum Gasteiger partial charge on any atom is 0.341 e. The van der Waals surface area contributed by atoms with Crippen LogP contribution in [0.5, 0.6) is 5.75 Å². The first kappa shape index (κ1) is 11.6. The third-order valence-electron chi connectivity index (χ3n) is 1.82. The number of ether oxygens (including phenoxy) is 2. The van der Waals surface area contributed by atoms with E-state index in [1.165, 1.54) is 25.3 Å². The maximum atomic E-state index is 11.4. The van der Waals surface area contributed by atoms with Crippen molar-refractivity contribution in [3.05, 3.63) is 29.3 Å². The third-order valence-corrected chi connectivity index (χ3v) is 1.82. The SMILES string of the molecule is C#CCOc1ccc(C#N)cc1C(=O)OC. The molecule has 0 N–H and O–H groups in total. The van der Waals surface area contributed by atoms with Crippen molar-refractivity contribution in [2.75, 3.05) is 13.7 Å². The number of esters is 1. The van der Waals surface area contributed by atoms with E-state index >= 15 is 0 Å². The first-order chi connectivity index (χ1) is 7.72. The highest BCUT2D eigenvalue weighted by Gasteiger charge is 2.13. The van der Waals surface area contributed by atoms with E-state index in [2.05, 4.69) is 10.7 Å². The molecule has 0 aliphatic rings. The van der Waals surface area contributed by atoms with E-state index in [9.17, 15) is 4.79 Å². The fraction of sp³-hybridized carbons (Fsp3) is 0.167. The number of terminal acetylenes is 1. The van der Waals surface area contributed by atoms with Crippen LogP contribution in [0.1, 0.15) is 15.9 Å². The van der Waals surface area contributed by atoms with Crippen molar-refractivity contribution in [2.45, 2.75) is 0 Å². The summed E-state index contributed by atoms with van der Waals surface area (Å²) in [5, 5.41) is 8.71. The summed E-state index contributed by atoms with van der Waals surface area (Å²) in [6, 6.07) is 6.38. The molecular weight excluding hydrogens is 206 g/mol. The van der Waals surface area contributed by atoms with E-state index in [-0.39, 0.29) is 12.2 Å². The lowest BCUT2D eigenvalue weighted by molar-refractivity contribution is 0.0596. The Labute approximate surface area is 93.4 Å². The van der Waals surface area contributed by atoms with Gasteiger partial charge in [-0.05, 0) is 18.2 Å². The summed E-state index contributed by atoms with van der Waals surface area (Å²) in [4.78, 5) is 11.4. The van der Waals surface area contributed by atoms with E-state index in [4.69, 9.17) is 16.4 Å². The molecule has 0 aliphatic heterocycles. The monoisotopic (exact) mass is 215 g/mol. The number of hydrogen-bond acceptors (Lipinski definition) is 4. The first-order valence-corrected chi connectivity index (χ1v) is 4.41. The zero-order valence-corrected chi connectivity index (χ0v) is 8.69. The molecule has 0 heterocycles. The van der Waals surface area contributed by atoms with Gasteiger partial charge in [0.15, 0.2) is 0 Å². The van der Waals surface area contributed by atoms with E-state index in [0.29, 0.717) is 11.3 Å². The first-order valence-electron chi connectivity index (χ1n) is 4.41. The molecule has 0 aromatic heterocycles. The maximum absolute atomic E-state index is 11.4. The number of methoxy groups -OCH3 is 1. The molecule has 0 aliphatic carbocycles. The number of rotatable bonds is 3. The topological polar surface area (TPSA) is 59.3 Å². The van der Waals surface area contributed by atoms with Crippen LogP contribution < -0.4 is 4.74 Å². The van der Waals surface area contributed by atoms with Crippen LogP contribution >= 0.6 is 0 Å². The molecule has 0 unspecified atom stereocenters. The molecule has 0 saturated carbocycles. The Morgan fingerprint density at radius 1 is 1.56 bits per heavy atom. The molecule has 4 nitrogen and oxygen atoms in total. The van der Waals surface area contributed by atoms with Gasteiger partial charge in [0.2, 0.25) is 0 Å². The van der Waals surface area contributed by atoms with Crippen molar-refractivity contribution >= 4 is 5.97 Å². The van der Waals surface area contributed by atoms with Crippen LogP contribution in [0.4, 0.5) is 0 Å². The van der Waals surface area contributed by atoms with Crippen LogP contribution in [-0.2, 0) is 4.74 Å². The van der Waals surface area contributed by atoms with E-state index in [1.54, 1.807) is 0 Å². The molecule has 16 heavy (non-hydrogen) atoms. The van der Waals surface area contributed by atoms with Crippen LogP contribution in [0.25, 0.3) is 0 Å². The van der Waals surface area contributed by atoms with Crippen molar-refractivity contribution in [3.63, 3.8) is 0 Å². The summed E-state index contributed by atoms with van der Waals surface area (Å²) >= 11 is 0. The number of hydrogen-bond donors (Lipinski definition) is 0. The molecule has 1 rings (SSSR count). The summed E-state index contributed by atoms with van der Waals surface area (Å²) in [7, 11) is 1.26. The summed E-state index contributed by atoms with van der Waals surface area (Å²) in [5.41, 5.74) is 0.547. The van der Waals surface area contributed by atoms with Gasteiger partial charge >= 0.3 is 5.97 Å². The molecule has 80 valence electrons. The van der Waals surface area contributed by atoms with Crippen molar-refractivity contribution < 1.29 is 14.3 Å². The van der Waals surface area contributed by atoms with Crippen LogP contribution in [0.3, 0.4) is 0 Å². The predicted molar refractivity (Wildman–Crippen MR) is 56.8 cm³/mol. The standard InChI is InChI=1S/C12H9NO3/c1-3-6-16-11-5-4-9(8-13)7-10(11)12(14)15-2/h1,4-5,7H,6H2,2H3.